The maximum Gasteiger partial charge on any atom is 0.317 e. The van der Waals surface area contributed by atoms with E-state index in [9.17, 15) is 9.90 Å². The van der Waals surface area contributed by atoms with E-state index in [1.807, 2.05) is 13.8 Å². The fourth-order valence-corrected chi connectivity index (χ4v) is 2.95. The second kappa shape index (κ2) is 6.93. The van der Waals surface area contributed by atoms with Crippen molar-refractivity contribution in [3.8, 4) is 0 Å². The molecule has 21 heavy (non-hydrogen) atoms. The average molecular weight is 295 g/mol. The smallest absolute Gasteiger partial charge is 0.317 e. The Morgan fingerprint density at radius 2 is 2.24 bits per heavy atom. The third kappa shape index (κ3) is 3.97. The van der Waals surface area contributed by atoms with Crippen molar-refractivity contribution in [2.45, 2.75) is 45.6 Å². The first-order valence-electron chi connectivity index (χ1n) is 7.57. The van der Waals surface area contributed by atoms with E-state index in [2.05, 4.69) is 10.5 Å². The quantitative estimate of drug-likeness (QED) is 0.865. The normalized spacial score (nSPS) is 21.5. The van der Waals surface area contributed by atoms with Gasteiger partial charge >= 0.3 is 6.03 Å². The van der Waals surface area contributed by atoms with Crippen LogP contribution in [-0.2, 0) is 6.42 Å². The molecule has 2 rings (SSSR count). The molecule has 1 aliphatic rings. The van der Waals surface area contributed by atoms with E-state index in [1.165, 1.54) is 0 Å². The molecule has 0 bridgehead atoms. The number of aliphatic hydroxyl groups is 1. The molecule has 0 aliphatic heterocycles. The van der Waals surface area contributed by atoms with E-state index in [-0.39, 0.29) is 18.1 Å². The van der Waals surface area contributed by atoms with Gasteiger partial charge in [-0.25, -0.2) is 4.79 Å². The molecular weight excluding hydrogens is 270 g/mol. The molecule has 2 N–H and O–H groups in total. The van der Waals surface area contributed by atoms with E-state index in [1.54, 1.807) is 11.9 Å². The highest BCUT2D eigenvalue weighted by Gasteiger charge is 2.27. The predicted octanol–water partition coefficient (Wildman–Crippen LogP) is 1.64. The van der Waals surface area contributed by atoms with E-state index < -0.39 is 0 Å². The maximum absolute atomic E-state index is 12.0. The van der Waals surface area contributed by atoms with Crippen molar-refractivity contribution in [3.63, 3.8) is 0 Å². The average Bonchev–Trinajstić information content (AvgIpc) is 2.98. The molecule has 118 valence electrons. The van der Waals surface area contributed by atoms with Crippen LogP contribution in [0.15, 0.2) is 4.52 Å². The molecule has 1 saturated carbocycles. The number of aromatic nitrogens is 1. The van der Waals surface area contributed by atoms with E-state index >= 15 is 0 Å². The van der Waals surface area contributed by atoms with Crippen LogP contribution < -0.4 is 5.32 Å². The largest absolute Gasteiger partial charge is 0.393 e. The van der Waals surface area contributed by atoms with Crippen LogP contribution in [0.25, 0.3) is 0 Å². The summed E-state index contributed by atoms with van der Waals surface area (Å²) in [5.41, 5.74) is 1.94. The van der Waals surface area contributed by atoms with Crippen LogP contribution in [-0.4, -0.2) is 47.4 Å². The molecule has 1 heterocycles. The number of carbonyl (C=O) groups excluding carboxylic acids is 1. The van der Waals surface area contributed by atoms with Crippen LogP contribution in [0, 0.1) is 19.8 Å². The number of carbonyl (C=O) groups is 1. The van der Waals surface area contributed by atoms with Gasteiger partial charge in [0.2, 0.25) is 0 Å². The molecule has 1 fully saturated rings. The molecule has 0 aromatic carbocycles. The summed E-state index contributed by atoms with van der Waals surface area (Å²) < 4.78 is 5.10. The highest BCUT2D eigenvalue weighted by molar-refractivity contribution is 5.73. The molecule has 1 aromatic heterocycles. The van der Waals surface area contributed by atoms with Crippen molar-refractivity contribution in [1.29, 1.82) is 0 Å². The Balaban J connectivity index is 1.74. The summed E-state index contributed by atoms with van der Waals surface area (Å²) >= 11 is 0. The molecule has 6 heteroatoms. The summed E-state index contributed by atoms with van der Waals surface area (Å²) in [5.74, 6) is 1.02. The summed E-state index contributed by atoms with van der Waals surface area (Å²) in [6.45, 7) is 4.95. The van der Waals surface area contributed by atoms with Gasteiger partial charge in [-0.1, -0.05) is 11.6 Å². The standard InChI is InChI=1S/C15H25N3O3/c1-10-13(11(2)21-17-10)7-8-16-15(20)18(3)9-12-5-4-6-14(12)19/h12,14,19H,4-9H2,1-3H3,(H,16,20). The number of hydrogen-bond donors (Lipinski definition) is 2. The Bertz CT molecular complexity index is 467. The van der Waals surface area contributed by atoms with E-state index in [0.717, 1.165) is 36.3 Å². The number of urea groups is 1. The summed E-state index contributed by atoms with van der Waals surface area (Å²) in [7, 11) is 1.77. The monoisotopic (exact) mass is 295 g/mol. The first-order valence-corrected chi connectivity index (χ1v) is 7.57. The zero-order chi connectivity index (χ0) is 15.4. The number of rotatable bonds is 5. The van der Waals surface area contributed by atoms with Gasteiger partial charge in [-0.3, -0.25) is 0 Å². The summed E-state index contributed by atoms with van der Waals surface area (Å²) in [6, 6.07) is -0.0964. The van der Waals surface area contributed by atoms with Crippen molar-refractivity contribution in [1.82, 2.24) is 15.4 Å². The molecule has 1 aliphatic carbocycles. The van der Waals surface area contributed by atoms with Crippen LogP contribution in [0.1, 0.15) is 36.3 Å². The Hall–Kier alpha value is -1.56. The number of nitrogens with zero attached hydrogens (tertiary/aromatic N) is 2. The third-order valence-electron chi connectivity index (χ3n) is 4.31. The second-order valence-corrected chi connectivity index (χ2v) is 5.92. The number of amides is 2. The van der Waals surface area contributed by atoms with Gasteiger partial charge in [0.05, 0.1) is 11.8 Å². The molecule has 0 radical (unpaired) electrons. The second-order valence-electron chi connectivity index (χ2n) is 5.92. The van der Waals surface area contributed by atoms with Crippen LogP contribution in [0.5, 0.6) is 0 Å². The Morgan fingerprint density at radius 3 is 2.81 bits per heavy atom. The third-order valence-corrected chi connectivity index (χ3v) is 4.31. The van der Waals surface area contributed by atoms with E-state index in [0.29, 0.717) is 19.5 Å². The first kappa shape index (κ1) is 15.8. The minimum Gasteiger partial charge on any atom is -0.393 e. The van der Waals surface area contributed by atoms with Gasteiger partial charge in [-0.15, -0.1) is 0 Å². The van der Waals surface area contributed by atoms with Gasteiger partial charge in [0.15, 0.2) is 0 Å². The highest BCUT2D eigenvalue weighted by atomic mass is 16.5. The van der Waals surface area contributed by atoms with Gasteiger partial charge in [0.25, 0.3) is 0 Å². The zero-order valence-corrected chi connectivity index (χ0v) is 13.1. The lowest BCUT2D eigenvalue weighted by molar-refractivity contribution is 0.114. The van der Waals surface area contributed by atoms with Crippen molar-refractivity contribution in [2.75, 3.05) is 20.1 Å². The van der Waals surface area contributed by atoms with Crippen molar-refractivity contribution < 1.29 is 14.4 Å². The number of hydrogen-bond acceptors (Lipinski definition) is 4. The van der Waals surface area contributed by atoms with Gasteiger partial charge in [0.1, 0.15) is 5.76 Å². The lowest BCUT2D eigenvalue weighted by Gasteiger charge is -2.23. The van der Waals surface area contributed by atoms with Gasteiger partial charge < -0.3 is 19.8 Å². The van der Waals surface area contributed by atoms with Crippen LogP contribution in [0.2, 0.25) is 0 Å². The lowest BCUT2D eigenvalue weighted by Crippen LogP contribution is -2.41. The molecule has 2 atom stereocenters. The Morgan fingerprint density at radius 1 is 1.48 bits per heavy atom. The molecular formula is C15H25N3O3. The molecule has 0 saturated heterocycles. The summed E-state index contributed by atoms with van der Waals surface area (Å²) in [4.78, 5) is 13.7. The minimum atomic E-state index is -0.262. The SMILES string of the molecule is Cc1noc(C)c1CCNC(=O)N(C)CC1CCCC1O. The van der Waals surface area contributed by atoms with E-state index in [4.69, 9.17) is 4.52 Å². The van der Waals surface area contributed by atoms with Gasteiger partial charge in [-0.05, 0) is 33.1 Å². The first-order chi connectivity index (χ1) is 9.99. The number of aryl methyl sites for hydroxylation is 2. The molecule has 0 spiro atoms. The predicted molar refractivity (Wildman–Crippen MR) is 79.1 cm³/mol. The molecule has 2 amide bonds. The maximum atomic E-state index is 12.0. The Kier molecular flexibility index (Phi) is 5.22. The van der Waals surface area contributed by atoms with Crippen LogP contribution >= 0.6 is 0 Å². The zero-order valence-electron chi connectivity index (χ0n) is 13.1. The fourth-order valence-electron chi connectivity index (χ4n) is 2.95. The van der Waals surface area contributed by atoms with Crippen LogP contribution in [0.3, 0.4) is 0 Å². The molecule has 6 nitrogen and oxygen atoms in total. The van der Waals surface area contributed by atoms with Gasteiger partial charge in [-0.2, -0.15) is 0 Å². The lowest BCUT2D eigenvalue weighted by atomic mass is 10.1. The fraction of sp³-hybridized carbons (Fsp3) is 0.733. The topological polar surface area (TPSA) is 78.6 Å². The Labute approximate surface area is 125 Å². The van der Waals surface area contributed by atoms with Gasteiger partial charge in [0, 0.05) is 31.6 Å². The number of nitrogens with one attached hydrogen (secondary N) is 1. The van der Waals surface area contributed by atoms with Crippen molar-refractivity contribution in [3.05, 3.63) is 17.0 Å². The summed E-state index contributed by atoms with van der Waals surface area (Å²) in [5, 5.41) is 16.6. The van der Waals surface area contributed by atoms with Crippen molar-refractivity contribution >= 4 is 6.03 Å². The summed E-state index contributed by atoms with van der Waals surface area (Å²) in [6.07, 6.45) is 3.35. The highest BCUT2D eigenvalue weighted by Crippen LogP contribution is 2.25. The van der Waals surface area contributed by atoms with Crippen LogP contribution in [0.4, 0.5) is 4.79 Å². The molecule has 2 unspecified atom stereocenters. The molecule has 1 aromatic rings. The number of aliphatic hydroxyl groups excluding tert-OH is 1. The minimum absolute atomic E-state index is 0.0964. The van der Waals surface area contributed by atoms with Crippen molar-refractivity contribution in [2.24, 2.45) is 5.92 Å².